The monoisotopic (exact) mass is 302 g/mol. The SMILES string of the molecule is CCC(C)c1ccc(OCC(=O)c2ccccc2Cl)cc1. The average Bonchev–Trinajstić information content (AvgIpc) is 2.52. The first-order chi connectivity index (χ1) is 10.1. The van der Waals surface area contributed by atoms with Gasteiger partial charge in [0.2, 0.25) is 5.78 Å². The van der Waals surface area contributed by atoms with Crippen LogP contribution in [0.5, 0.6) is 5.75 Å². The molecule has 0 saturated heterocycles. The van der Waals surface area contributed by atoms with E-state index in [1.807, 2.05) is 24.3 Å². The van der Waals surface area contributed by atoms with Crippen molar-refractivity contribution in [1.29, 1.82) is 0 Å². The summed E-state index contributed by atoms with van der Waals surface area (Å²) in [4.78, 5) is 12.1. The molecular weight excluding hydrogens is 284 g/mol. The summed E-state index contributed by atoms with van der Waals surface area (Å²) in [7, 11) is 0. The van der Waals surface area contributed by atoms with Crippen LogP contribution >= 0.6 is 11.6 Å². The van der Waals surface area contributed by atoms with Crippen molar-refractivity contribution >= 4 is 17.4 Å². The highest BCUT2D eigenvalue weighted by molar-refractivity contribution is 6.34. The van der Waals surface area contributed by atoms with E-state index in [0.29, 0.717) is 22.3 Å². The maximum absolute atomic E-state index is 12.1. The van der Waals surface area contributed by atoms with Gasteiger partial charge in [-0.3, -0.25) is 4.79 Å². The Hall–Kier alpha value is -1.80. The highest BCUT2D eigenvalue weighted by Gasteiger charge is 2.10. The molecule has 0 spiro atoms. The van der Waals surface area contributed by atoms with Crippen molar-refractivity contribution in [1.82, 2.24) is 0 Å². The Morgan fingerprint density at radius 1 is 1.14 bits per heavy atom. The van der Waals surface area contributed by atoms with Crippen LogP contribution in [0.25, 0.3) is 0 Å². The minimum atomic E-state index is -0.119. The molecule has 0 radical (unpaired) electrons. The fraction of sp³-hybridized carbons (Fsp3) is 0.278. The molecule has 0 aliphatic carbocycles. The average molecular weight is 303 g/mol. The van der Waals surface area contributed by atoms with Crippen LogP contribution in [0.1, 0.15) is 42.1 Å². The second-order valence-corrected chi connectivity index (χ2v) is 5.48. The number of rotatable bonds is 6. The van der Waals surface area contributed by atoms with E-state index in [-0.39, 0.29) is 12.4 Å². The van der Waals surface area contributed by atoms with Crippen molar-refractivity contribution in [3.8, 4) is 5.75 Å². The Morgan fingerprint density at radius 3 is 2.43 bits per heavy atom. The first kappa shape index (κ1) is 15.6. The number of ketones is 1. The summed E-state index contributed by atoms with van der Waals surface area (Å²) in [5.74, 6) is 1.11. The zero-order valence-corrected chi connectivity index (χ0v) is 13.1. The van der Waals surface area contributed by atoms with Crippen molar-refractivity contribution in [2.45, 2.75) is 26.2 Å². The number of hydrogen-bond acceptors (Lipinski definition) is 2. The standard InChI is InChI=1S/C18H19ClO2/c1-3-13(2)14-8-10-15(11-9-14)21-12-18(20)16-6-4-5-7-17(16)19/h4-11,13H,3,12H2,1-2H3. The summed E-state index contributed by atoms with van der Waals surface area (Å²) in [6.45, 7) is 4.35. The third-order valence-electron chi connectivity index (χ3n) is 3.61. The molecular formula is C18H19ClO2. The summed E-state index contributed by atoms with van der Waals surface area (Å²) >= 11 is 6.00. The molecule has 0 N–H and O–H groups in total. The third-order valence-corrected chi connectivity index (χ3v) is 3.94. The number of carbonyl (C=O) groups excluding carboxylic acids is 1. The number of carbonyl (C=O) groups is 1. The maximum atomic E-state index is 12.1. The highest BCUT2D eigenvalue weighted by atomic mass is 35.5. The summed E-state index contributed by atoms with van der Waals surface area (Å²) in [6.07, 6.45) is 1.10. The van der Waals surface area contributed by atoms with Gasteiger partial charge in [0.25, 0.3) is 0 Å². The van der Waals surface area contributed by atoms with Gasteiger partial charge in [0.15, 0.2) is 6.61 Å². The molecule has 2 rings (SSSR count). The predicted octanol–water partition coefficient (Wildman–Crippen LogP) is 5.12. The maximum Gasteiger partial charge on any atom is 0.201 e. The van der Waals surface area contributed by atoms with E-state index < -0.39 is 0 Å². The van der Waals surface area contributed by atoms with Crippen molar-refractivity contribution < 1.29 is 9.53 Å². The van der Waals surface area contributed by atoms with Crippen molar-refractivity contribution in [3.63, 3.8) is 0 Å². The van der Waals surface area contributed by atoms with Crippen LogP contribution in [0.4, 0.5) is 0 Å². The van der Waals surface area contributed by atoms with Gasteiger partial charge in [0.1, 0.15) is 5.75 Å². The highest BCUT2D eigenvalue weighted by Crippen LogP contribution is 2.22. The van der Waals surface area contributed by atoms with Gasteiger partial charge in [-0.05, 0) is 42.2 Å². The van der Waals surface area contributed by atoms with Crippen LogP contribution in [-0.4, -0.2) is 12.4 Å². The van der Waals surface area contributed by atoms with E-state index in [2.05, 4.69) is 13.8 Å². The van der Waals surface area contributed by atoms with Gasteiger partial charge in [-0.1, -0.05) is 49.7 Å². The fourth-order valence-electron chi connectivity index (χ4n) is 2.04. The lowest BCUT2D eigenvalue weighted by Crippen LogP contribution is -2.12. The van der Waals surface area contributed by atoms with E-state index in [9.17, 15) is 4.79 Å². The number of halogens is 1. The Balaban J connectivity index is 1.97. The molecule has 2 nitrogen and oxygen atoms in total. The van der Waals surface area contributed by atoms with E-state index in [1.165, 1.54) is 5.56 Å². The van der Waals surface area contributed by atoms with E-state index in [1.54, 1.807) is 24.3 Å². The van der Waals surface area contributed by atoms with Crippen molar-refractivity contribution in [2.24, 2.45) is 0 Å². The van der Waals surface area contributed by atoms with Crippen LogP contribution < -0.4 is 4.74 Å². The van der Waals surface area contributed by atoms with Crippen molar-refractivity contribution in [2.75, 3.05) is 6.61 Å². The Kier molecular flexibility index (Phi) is 5.40. The lowest BCUT2D eigenvalue weighted by Gasteiger charge is -2.10. The van der Waals surface area contributed by atoms with Crippen LogP contribution in [0, 0.1) is 0 Å². The zero-order valence-electron chi connectivity index (χ0n) is 12.3. The Bertz CT molecular complexity index is 605. The largest absolute Gasteiger partial charge is 0.485 e. The fourth-order valence-corrected chi connectivity index (χ4v) is 2.28. The molecule has 0 bridgehead atoms. The molecule has 0 amide bonds. The molecule has 21 heavy (non-hydrogen) atoms. The predicted molar refractivity (Wildman–Crippen MR) is 86.4 cm³/mol. The molecule has 1 atom stereocenters. The smallest absolute Gasteiger partial charge is 0.201 e. The second kappa shape index (κ2) is 7.28. The molecule has 0 heterocycles. The van der Waals surface area contributed by atoms with Crippen LogP contribution in [0.15, 0.2) is 48.5 Å². The van der Waals surface area contributed by atoms with Gasteiger partial charge in [0.05, 0.1) is 5.02 Å². The van der Waals surface area contributed by atoms with Gasteiger partial charge in [-0.15, -0.1) is 0 Å². The van der Waals surface area contributed by atoms with Crippen LogP contribution in [-0.2, 0) is 0 Å². The van der Waals surface area contributed by atoms with Gasteiger partial charge < -0.3 is 4.74 Å². The van der Waals surface area contributed by atoms with Gasteiger partial charge in [-0.25, -0.2) is 0 Å². The zero-order chi connectivity index (χ0) is 15.2. The summed E-state index contributed by atoms with van der Waals surface area (Å²) in [6, 6.07) is 14.9. The summed E-state index contributed by atoms with van der Waals surface area (Å²) in [5.41, 5.74) is 1.78. The lowest BCUT2D eigenvalue weighted by molar-refractivity contribution is 0.0921. The second-order valence-electron chi connectivity index (χ2n) is 5.07. The molecule has 0 aliphatic heterocycles. The van der Waals surface area contributed by atoms with Gasteiger partial charge in [0, 0.05) is 5.56 Å². The van der Waals surface area contributed by atoms with Crippen molar-refractivity contribution in [3.05, 3.63) is 64.7 Å². The van der Waals surface area contributed by atoms with E-state index in [4.69, 9.17) is 16.3 Å². The lowest BCUT2D eigenvalue weighted by atomic mass is 9.99. The summed E-state index contributed by atoms with van der Waals surface area (Å²) in [5, 5.41) is 0.457. The minimum absolute atomic E-state index is 0.00753. The van der Waals surface area contributed by atoms with E-state index in [0.717, 1.165) is 6.42 Å². The Morgan fingerprint density at radius 2 is 1.81 bits per heavy atom. The molecule has 0 fully saturated rings. The molecule has 0 aromatic heterocycles. The molecule has 1 unspecified atom stereocenters. The topological polar surface area (TPSA) is 26.3 Å². The molecule has 2 aromatic rings. The molecule has 0 saturated carbocycles. The summed E-state index contributed by atoms with van der Waals surface area (Å²) < 4.78 is 5.54. The number of Topliss-reactive ketones (excluding diaryl/α,β-unsaturated/α-hetero) is 1. The Labute approximate surface area is 130 Å². The molecule has 0 aliphatic rings. The van der Waals surface area contributed by atoms with Crippen LogP contribution in [0.3, 0.4) is 0 Å². The first-order valence-electron chi connectivity index (χ1n) is 7.12. The van der Waals surface area contributed by atoms with Gasteiger partial charge in [-0.2, -0.15) is 0 Å². The molecule has 110 valence electrons. The first-order valence-corrected chi connectivity index (χ1v) is 7.50. The third kappa shape index (κ3) is 4.08. The number of benzene rings is 2. The molecule has 3 heteroatoms. The van der Waals surface area contributed by atoms with E-state index >= 15 is 0 Å². The van der Waals surface area contributed by atoms with Crippen LogP contribution in [0.2, 0.25) is 5.02 Å². The quantitative estimate of drug-likeness (QED) is 0.693. The minimum Gasteiger partial charge on any atom is -0.485 e. The number of hydrogen-bond donors (Lipinski definition) is 0. The number of ether oxygens (including phenoxy) is 1. The normalized spacial score (nSPS) is 12.0. The van der Waals surface area contributed by atoms with Gasteiger partial charge >= 0.3 is 0 Å². The molecule has 2 aromatic carbocycles.